The van der Waals surface area contributed by atoms with Crippen LogP contribution in [0.2, 0.25) is 0 Å². The number of ether oxygens (including phenoxy) is 1. The first-order chi connectivity index (χ1) is 9.66. The van der Waals surface area contributed by atoms with Gasteiger partial charge >= 0.3 is 6.09 Å². The van der Waals surface area contributed by atoms with Crippen molar-refractivity contribution in [2.45, 2.75) is 13.2 Å². The quantitative estimate of drug-likeness (QED) is 0.857. The maximum atomic E-state index is 11.9. The number of pyridine rings is 1. The van der Waals surface area contributed by atoms with Gasteiger partial charge in [0.25, 0.3) is 0 Å². The number of hydrogen-bond acceptors (Lipinski definition) is 3. The van der Waals surface area contributed by atoms with Gasteiger partial charge < -0.3 is 9.64 Å². The molecule has 1 aromatic carbocycles. The molecular formula is C15H15BrN2O2. The minimum atomic E-state index is -0.349. The van der Waals surface area contributed by atoms with E-state index in [9.17, 15) is 4.79 Å². The van der Waals surface area contributed by atoms with Crippen LogP contribution in [0.1, 0.15) is 11.1 Å². The van der Waals surface area contributed by atoms with Crippen molar-refractivity contribution >= 4 is 22.0 Å². The van der Waals surface area contributed by atoms with Crippen molar-refractivity contribution in [2.24, 2.45) is 0 Å². The molecule has 0 fully saturated rings. The Morgan fingerprint density at radius 2 is 2.05 bits per heavy atom. The lowest BCUT2D eigenvalue weighted by Crippen LogP contribution is -2.27. The van der Waals surface area contributed by atoms with Crippen LogP contribution in [0.3, 0.4) is 0 Å². The molecular weight excluding hydrogens is 320 g/mol. The number of nitrogens with zero attached hydrogens (tertiary/aromatic N) is 2. The summed E-state index contributed by atoms with van der Waals surface area (Å²) >= 11 is 3.41. The van der Waals surface area contributed by atoms with Crippen LogP contribution in [0.15, 0.2) is 53.3 Å². The van der Waals surface area contributed by atoms with E-state index in [1.165, 1.54) is 4.90 Å². The molecule has 0 saturated carbocycles. The Kier molecular flexibility index (Phi) is 5.12. The van der Waals surface area contributed by atoms with E-state index in [2.05, 4.69) is 20.9 Å². The van der Waals surface area contributed by atoms with Crippen LogP contribution in [-0.2, 0) is 17.9 Å². The first-order valence-electron chi connectivity index (χ1n) is 6.17. The molecule has 20 heavy (non-hydrogen) atoms. The van der Waals surface area contributed by atoms with Crippen molar-refractivity contribution in [3.8, 4) is 0 Å². The third-order valence-corrected chi connectivity index (χ3v) is 3.49. The van der Waals surface area contributed by atoms with Crippen molar-refractivity contribution in [3.63, 3.8) is 0 Å². The lowest BCUT2D eigenvalue weighted by atomic mass is 10.2. The van der Waals surface area contributed by atoms with Gasteiger partial charge in [-0.05, 0) is 33.1 Å². The summed E-state index contributed by atoms with van der Waals surface area (Å²) in [6.07, 6.45) is 3.05. The second-order valence-corrected chi connectivity index (χ2v) is 5.22. The molecule has 1 heterocycles. The maximum Gasteiger partial charge on any atom is 0.410 e. The zero-order chi connectivity index (χ0) is 14.4. The average Bonchev–Trinajstić information content (AvgIpc) is 2.48. The number of benzene rings is 1. The zero-order valence-corrected chi connectivity index (χ0v) is 12.7. The highest BCUT2D eigenvalue weighted by Crippen LogP contribution is 2.16. The highest BCUT2D eigenvalue weighted by Gasteiger charge is 2.12. The first-order valence-corrected chi connectivity index (χ1v) is 6.96. The van der Waals surface area contributed by atoms with Crippen molar-refractivity contribution in [1.29, 1.82) is 0 Å². The predicted molar refractivity (Wildman–Crippen MR) is 80.0 cm³/mol. The van der Waals surface area contributed by atoms with E-state index in [1.54, 1.807) is 19.4 Å². The third kappa shape index (κ3) is 4.06. The predicted octanol–water partition coefficient (Wildman–Crippen LogP) is 3.61. The van der Waals surface area contributed by atoms with Gasteiger partial charge in [-0.25, -0.2) is 4.79 Å². The summed E-state index contributed by atoms with van der Waals surface area (Å²) in [6, 6.07) is 11.5. The van der Waals surface area contributed by atoms with Crippen molar-refractivity contribution in [1.82, 2.24) is 9.88 Å². The molecule has 0 unspecified atom stereocenters. The molecule has 0 aliphatic rings. The molecule has 0 spiro atoms. The van der Waals surface area contributed by atoms with Gasteiger partial charge in [-0.3, -0.25) is 4.98 Å². The summed E-state index contributed by atoms with van der Waals surface area (Å²) in [6.45, 7) is 0.748. The fraction of sp³-hybridized carbons (Fsp3) is 0.200. The lowest BCUT2D eigenvalue weighted by Gasteiger charge is -2.17. The summed E-state index contributed by atoms with van der Waals surface area (Å²) in [5.41, 5.74) is 1.96. The maximum absolute atomic E-state index is 11.9. The Hall–Kier alpha value is -1.88. The molecule has 104 valence electrons. The van der Waals surface area contributed by atoms with Crippen LogP contribution in [0.5, 0.6) is 0 Å². The number of halogens is 1. The molecule has 0 bridgehead atoms. The zero-order valence-electron chi connectivity index (χ0n) is 11.1. The second-order valence-electron chi connectivity index (χ2n) is 4.36. The van der Waals surface area contributed by atoms with Crippen LogP contribution in [0.4, 0.5) is 4.79 Å². The van der Waals surface area contributed by atoms with Gasteiger partial charge in [0.2, 0.25) is 0 Å². The fourth-order valence-electron chi connectivity index (χ4n) is 1.68. The monoisotopic (exact) mass is 334 g/mol. The van der Waals surface area contributed by atoms with Gasteiger partial charge in [-0.15, -0.1) is 0 Å². The summed E-state index contributed by atoms with van der Waals surface area (Å²) in [5, 5.41) is 0. The van der Waals surface area contributed by atoms with E-state index >= 15 is 0 Å². The minimum absolute atomic E-state index is 0.279. The van der Waals surface area contributed by atoms with E-state index in [-0.39, 0.29) is 12.7 Å². The SMILES string of the molecule is CN(Cc1ccncc1Br)C(=O)OCc1ccccc1. The number of carbonyl (C=O) groups excluding carboxylic acids is 1. The van der Waals surface area contributed by atoms with E-state index in [0.29, 0.717) is 6.54 Å². The van der Waals surface area contributed by atoms with Crippen LogP contribution < -0.4 is 0 Å². The van der Waals surface area contributed by atoms with E-state index in [4.69, 9.17) is 4.74 Å². The highest BCUT2D eigenvalue weighted by atomic mass is 79.9. The Bertz CT molecular complexity index is 575. The second kappa shape index (κ2) is 7.05. The van der Waals surface area contributed by atoms with E-state index < -0.39 is 0 Å². The molecule has 1 aromatic heterocycles. The molecule has 2 aromatic rings. The first kappa shape index (κ1) is 14.5. The number of amides is 1. The summed E-state index contributed by atoms with van der Waals surface area (Å²) < 4.78 is 6.14. The van der Waals surface area contributed by atoms with Crippen LogP contribution in [0.25, 0.3) is 0 Å². The summed E-state index contributed by atoms with van der Waals surface area (Å²) in [7, 11) is 1.71. The van der Waals surface area contributed by atoms with Gasteiger partial charge in [0, 0.05) is 30.5 Å². The van der Waals surface area contributed by atoms with E-state index in [0.717, 1.165) is 15.6 Å². The molecule has 0 N–H and O–H groups in total. The highest BCUT2D eigenvalue weighted by molar-refractivity contribution is 9.10. The van der Waals surface area contributed by atoms with Gasteiger partial charge in [0.05, 0.1) is 0 Å². The standard InChI is InChI=1S/C15H15BrN2O2/c1-18(10-13-7-8-17-9-14(13)16)15(19)20-11-12-5-3-2-4-6-12/h2-9H,10-11H2,1H3. The Labute approximate surface area is 126 Å². The van der Waals surface area contributed by atoms with Crippen LogP contribution in [-0.4, -0.2) is 23.0 Å². The number of carbonyl (C=O) groups is 1. The molecule has 2 rings (SSSR count). The minimum Gasteiger partial charge on any atom is -0.445 e. The van der Waals surface area contributed by atoms with E-state index in [1.807, 2.05) is 36.4 Å². The van der Waals surface area contributed by atoms with Crippen molar-refractivity contribution in [3.05, 3.63) is 64.4 Å². The molecule has 5 heteroatoms. The third-order valence-electron chi connectivity index (χ3n) is 2.78. The lowest BCUT2D eigenvalue weighted by molar-refractivity contribution is 0.103. The fourth-order valence-corrected chi connectivity index (χ4v) is 2.06. The largest absolute Gasteiger partial charge is 0.445 e. The molecule has 0 radical (unpaired) electrons. The summed E-state index contributed by atoms with van der Waals surface area (Å²) in [5.74, 6) is 0. The van der Waals surface area contributed by atoms with Crippen LogP contribution in [0, 0.1) is 0 Å². The molecule has 0 atom stereocenters. The molecule has 0 saturated heterocycles. The van der Waals surface area contributed by atoms with Crippen molar-refractivity contribution < 1.29 is 9.53 Å². The molecule has 4 nitrogen and oxygen atoms in total. The topological polar surface area (TPSA) is 42.4 Å². The molecule has 0 aliphatic carbocycles. The number of aromatic nitrogens is 1. The smallest absolute Gasteiger partial charge is 0.410 e. The van der Waals surface area contributed by atoms with Gasteiger partial charge in [-0.1, -0.05) is 30.3 Å². The Morgan fingerprint density at radius 3 is 2.75 bits per heavy atom. The molecule has 1 amide bonds. The Balaban J connectivity index is 1.88. The average molecular weight is 335 g/mol. The van der Waals surface area contributed by atoms with Gasteiger partial charge in [-0.2, -0.15) is 0 Å². The van der Waals surface area contributed by atoms with Crippen LogP contribution >= 0.6 is 15.9 Å². The summed E-state index contributed by atoms with van der Waals surface area (Å²) in [4.78, 5) is 17.4. The number of rotatable bonds is 4. The molecule has 0 aliphatic heterocycles. The van der Waals surface area contributed by atoms with Crippen molar-refractivity contribution in [2.75, 3.05) is 7.05 Å². The van der Waals surface area contributed by atoms with Gasteiger partial charge in [0.1, 0.15) is 6.61 Å². The number of hydrogen-bond donors (Lipinski definition) is 0. The Morgan fingerprint density at radius 1 is 1.30 bits per heavy atom. The normalized spacial score (nSPS) is 10.1. The van der Waals surface area contributed by atoms with Gasteiger partial charge in [0.15, 0.2) is 0 Å².